The Morgan fingerprint density at radius 3 is 2.58 bits per heavy atom. The van der Waals surface area contributed by atoms with E-state index in [9.17, 15) is 17.6 Å². The lowest BCUT2D eigenvalue weighted by molar-refractivity contribution is -0.123. The van der Waals surface area contributed by atoms with Gasteiger partial charge in [0.1, 0.15) is 11.6 Å². The van der Waals surface area contributed by atoms with E-state index in [1.807, 2.05) is 11.8 Å². The second-order valence-corrected chi connectivity index (χ2v) is 6.82. The Morgan fingerprint density at radius 2 is 1.92 bits per heavy atom. The summed E-state index contributed by atoms with van der Waals surface area (Å²) in [7, 11) is -3.89. The van der Waals surface area contributed by atoms with E-state index in [4.69, 9.17) is 4.74 Å². The molecule has 0 spiro atoms. The van der Waals surface area contributed by atoms with Crippen LogP contribution >= 0.6 is 0 Å². The molecule has 2 aromatic rings. The number of benzene rings is 2. The number of ether oxygens (including phenoxy) is 1. The van der Waals surface area contributed by atoms with Gasteiger partial charge in [-0.15, -0.1) is 4.83 Å². The number of hydrogen-bond donors (Lipinski definition) is 2. The van der Waals surface area contributed by atoms with Crippen molar-refractivity contribution in [2.24, 2.45) is 0 Å². The molecule has 1 amide bonds. The van der Waals surface area contributed by atoms with Gasteiger partial charge >= 0.3 is 0 Å². The van der Waals surface area contributed by atoms with Gasteiger partial charge in [-0.2, -0.15) is 0 Å². The smallest absolute Gasteiger partial charge is 0.272 e. The van der Waals surface area contributed by atoms with Crippen molar-refractivity contribution in [3.05, 3.63) is 59.4 Å². The van der Waals surface area contributed by atoms with Gasteiger partial charge in [0.25, 0.3) is 15.9 Å². The third-order valence-corrected chi connectivity index (χ3v) is 4.52. The van der Waals surface area contributed by atoms with E-state index in [2.05, 4.69) is 5.43 Å². The van der Waals surface area contributed by atoms with Crippen molar-refractivity contribution in [2.75, 3.05) is 6.61 Å². The van der Waals surface area contributed by atoms with Gasteiger partial charge in [0, 0.05) is 6.07 Å². The lowest BCUT2D eigenvalue weighted by Crippen LogP contribution is -2.43. The Labute approximate surface area is 139 Å². The van der Waals surface area contributed by atoms with E-state index in [-0.39, 0.29) is 10.6 Å². The fourth-order valence-corrected chi connectivity index (χ4v) is 3.11. The Balaban J connectivity index is 1.93. The number of sulfonamides is 1. The molecule has 0 heterocycles. The molecule has 0 radical (unpaired) electrons. The third-order valence-electron chi connectivity index (χ3n) is 3.11. The summed E-state index contributed by atoms with van der Waals surface area (Å²) in [5, 5.41) is 0. The van der Waals surface area contributed by atoms with Gasteiger partial charge in [-0.3, -0.25) is 10.2 Å². The van der Waals surface area contributed by atoms with Gasteiger partial charge in [-0.25, -0.2) is 12.8 Å². The van der Waals surface area contributed by atoms with E-state index in [1.54, 1.807) is 19.1 Å². The number of hydrazine groups is 1. The first-order chi connectivity index (χ1) is 11.3. The zero-order chi connectivity index (χ0) is 17.7. The first-order valence-electron chi connectivity index (χ1n) is 7.04. The van der Waals surface area contributed by atoms with Crippen LogP contribution in [0.25, 0.3) is 0 Å². The van der Waals surface area contributed by atoms with Crippen molar-refractivity contribution >= 4 is 15.9 Å². The first kappa shape index (κ1) is 17.9. The molecule has 0 bridgehead atoms. The molecule has 0 saturated carbocycles. The van der Waals surface area contributed by atoms with Crippen LogP contribution in [0.15, 0.2) is 47.4 Å². The summed E-state index contributed by atoms with van der Waals surface area (Å²) in [4.78, 5) is 13.7. The zero-order valence-corrected chi connectivity index (χ0v) is 14.0. The molecule has 0 fully saturated rings. The van der Waals surface area contributed by atoms with Crippen LogP contribution in [0.5, 0.6) is 5.75 Å². The number of carbonyl (C=O) groups is 1. The first-order valence-corrected chi connectivity index (χ1v) is 8.52. The van der Waals surface area contributed by atoms with Crippen LogP contribution in [0.3, 0.4) is 0 Å². The highest BCUT2D eigenvalue weighted by Gasteiger charge is 2.17. The predicted octanol–water partition coefficient (Wildman–Crippen LogP) is 1.83. The van der Waals surface area contributed by atoms with Gasteiger partial charge in [0.15, 0.2) is 6.61 Å². The van der Waals surface area contributed by atoms with Crippen molar-refractivity contribution in [2.45, 2.75) is 18.7 Å². The number of hydrogen-bond acceptors (Lipinski definition) is 4. The lowest BCUT2D eigenvalue weighted by atomic mass is 10.2. The van der Waals surface area contributed by atoms with E-state index in [1.165, 1.54) is 24.3 Å². The van der Waals surface area contributed by atoms with E-state index in [0.717, 1.165) is 11.6 Å². The second kappa shape index (κ2) is 7.41. The second-order valence-electron chi connectivity index (χ2n) is 5.17. The van der Waals surface area contributed by atoms with Gasteiger partial charge < -0.3 is 4.74 Å². The summed E-state index contributed by atoms with van der Waals surface area (Å²) in [5.74, 6) is -1.04. The molecular weight excluding hydrogens is 335 g/mol. The summed E-state index contributed by atoms with van der Waals surface area (Å²) < 4.78 is 42.4. The third kappa shape index (κ3) is 4.77. The molecule has 0 aliphatic carbocycles. The number of amides is 1. The van der Waals surface area contributed by atoms with Gasteiger partial charge in [0.05, 0.1) is 4.90 Å². The van der Waals surface area contributed by atoms with Crippen LogP contribution in [0.1, 0.15) is 11.1 Å². The lowest BCUT2D eigenvalue weighted by Gasteiger charge is -2.11. The van der Waals surface area contributed by atoms with E-state index in [0.29, 0.717) is 5.56 Å². The fourth-order valence-electron chi connectivity index (χ4n) is 2.02. The average Bonchev–Trinajstić information content (AvgIpc) is 2.51. The zero-order valence-electron chi connectivity index (χ0n) is 13.2. The van der Waals surface area contributed by atoms with E-state index < -0.39 is 28.4 Å². The molecule has 6 nitrogen and oxygen atoms in total. The van der Waals surface area contributed by atoms with Crippen molar-refractivity contribution in [3.63, 3.8) is 0 Å². The van der Waals surface area contributed by atoms with Gasteiger partial charge in [0.2, 0.25) is 0 Å². The van der Waals surface area contributed by atoms with Crippen LogP contribution < -0.4 is 15.0 Å². The molecule has 0 unspecified atom stereocenters. The molecule has 0 atom stereocenters. The summed E-state index contributed by atoms with van der Waals surface area (Å²) in [6.45, 7) is 3.05. The average molecular weight is 352 g/mol. The Morgan fingerprint density at radius 1 is 1.17 bits per heavy atom. The van der Waals surface area contributed by atoms with Crippen molar-refractivity contribution in [1.29, 1.82) is 0 Å². The fraction of sp³-hybridized carbons (Fsp3) is 0.188. The maximum atomic E-state index is 13.0. The molecule has 0 aromatic heterocycles. The van der Waals surface area contributed by atoms with Gasteiger partial charge in [-0.05, 0) is 37.6 Å². The normalized spacial score (nSPS) is 11.1. The molecule has 8 heteroatoms. The topological polar surface area (TPSA) is 84.5 Å². The number of rotatable bonds is 6. The van der Waals surface area contributed by atoms with Crippen molar-refractivity contribution < 1.29 is 22.3 Å². The summed E-state index contributed by atoms with van der Waals surface area (Å²) in [5.41, 5.74) is 3.54. The van der Waals surface area contributed by atoms with Crippen LogP contribution in [0, 0.1) is 19.7 Å². The van der Waals surface area contributed by atoms with Crippen LogP contribution in [-0.2, 0) is 14.8 Å². The highest BCUT2D eigenvalue weighted by atomic mass is 32.2. The molecule has 0 saturated heterocycles. The Hall–Kier alpha value is -2.45. The maximum Gasteiger partial charge on any atom is 0.272 e. The van der Waals surface area contributed by atoms with Crippen LogP contribution in [-0.4, -0.2) is 20.9 Å². The standard InChI is InChI=1S/C16H17FN2O4S/c1-11-6-7-15(12(2)8-11)24(21,22)19-18-16(20)10-23-14-5-3-4-13(17)9-14/h3-9,19H,10H2,1-2H3,(H,18,20). The maximum absolute atomic E-state index is 13.0. The molecule has 2 aromatic carbocycles. The highest BCUT2D eigenvalue weighted by molar-refractivity contribution is 7.89. The number of halogens is 1. The highest BCUT2D eigenvalue weighted by Crippen LogP contribution is 2.15. The van der Waals surface area contributed by atoms with Crippen LogP contribution in [0.2, 0.25) is 0 Å². The van der Waals surface area contributed by atoms with Gasteiger partial charge in [-0.1, -0.05) is 23.8 Å². The minimum Gasteiger partial charge on any atom is -0.484 e. The number of carbonyl (C=O) groups excluding carboxylic acids is 1. The molecule has 2 rings (SSSR count). The molecular formula is C16H17FN2O4S. The minimum atomic E-state index is -3.89. The predicted molar refractivity (Wildman–Crippen MR) is 86.3 cm³/mol. The summed E-state index contributed by atoms with van der Waals surface area (Å²) >= 11 is 0. The molecule has 0 aliphatic rings. The van der Waals surface area contributed by atoms with Crippen LogP contribution in [0.4, 0.5) is 4.39 Å². The number of nitrogens with one attached hydrogen (secondary N) is 2. The Bertz CT molecular complexity index is 853. The molecule has 0 aliphatic heterocycles. The van der Waals surface area contributed by atoms with E-state index >= 15 is 0 Å². The minimum absolute atomic E-state index is 0.0689. The van der Waals surface area contributed by atoms with Crippen molar-refractivity contribution in [1.82, 2.24) is 10.3 Å². The largest absolute Gasteiger partial charge is 0.484 e. The summed E-state index contributed by atoms with van der Waals surface area (Å²) in [6.07, 6.45) is 0. The SMILES string of the molecule is Cc1ccc(S(=O)(=O)NNC(=O)COc2cccc(F)c2)c(C)c1. The molecule has 128 valence electrons. The monoisotopic (exact) mass is 352 g/mol. The quantitative estimate of drug-likeness (QED) is 0.777. The summed E-state index contributed by atoms with van der Waals surface area (Å²) in [6, 6.07) is 10.1. The number of aryl methyl sites for hydroxylation is 2. The van der Waals surface area contributed by atoms with Crippen molar-refractivity contribution in [3.8, 4) is 5.75 Å². The molecule has 24 heavy (non-hydrogen) atoms. The Kier molecular flexibility index (Phi) is 5.53. The molecule has 2 N–H and O–H groups in total.